The Hall–Kier alpha value is -1.26. The first-order valence-electron chi connectivity index (χ1n) is 7.50. The quantitative estimate of drug-likeness (QED) is 0.809. The van der Waals surface area contributed by atoms with E-state index in [1.165, 1.54) is 24.9 Å². The summed E-state index contributed by atoms with van der Waals surface area (Å²) in [6.07, 6.45) is 2.62. The maximum absolute atomic E-state index is 5.90. The minimum absolute atomic E-state index is 0.677. The van der Waals surface area contributed by atoms with Crippen molar-refractivity contribution >= 4 is 5.69 Å². The molecule has 0 aromatic heterocycles. The summed E-state index contributed by atoms with van der Waals surface area (Å²) < 4.78 is 5.69. The Morgan fingerprint density at radius 3 is 2.90 bits per heavy atom. The molecule has 2 N–H and O–H groups in total. The number of rotatable bonds is 6. The zero-order chi connectivity index (χ0) is 14.5. The van der Waals surface area contributed by atoms with Crippen molar-refractivity contribution in [3.8, 4) is 5.75 Å². The predicted octanol–water partition coefficient (Wildman–Crippen LogP) is 2.19. The van der Waals surface area contributed by atoms with Crippen LogP contribution in [-0.4, -0.2) is 49.6 Å². The smallest absolute Gasteiger partial charge is 0.123 e. The number of hydrogen-bond acceptors (Lipinski definition) is 4. The summed E-state index contributed by atoms with van der Waals surface area (Å²) in [6.45, 7) is 5.89. The molecular weight excluding hydrogens is 250 g/mol. The topological polar surface area (TPSA) is 41.7 Å². The van der Waals surface area contributed by atoms with Crippen molar-refractivity contribution in [1.82, 2.24) is 9.80 Å². The molecule has 1 heterocycles. The van der Waals surface area contributed by atoms with Gasteiger partial charge < -0.3 is 20.3 Å². The first-order chi connectivity index (χ1) is 9.60. The average molecular weight is 277 g/mol. The molecule has 1 fully saturated rings. The van der Waals surface area contributed by atoms with Gasteiger partial charge in [0.25, 0.3) is 0 Å². The van der Waals surface area contributed by atoms with E-state index in [0.29, 0.717) is 12.6 Å². The van der Waals surface area contributed by atoms with Gasteiger partial charge in [0.2, 0.25) is 0 Å². The number of likely N-dealkylation sites (tertiary alicyclic amines) is 1. The third kappa shape index (κ3) is 3.87. The van der Waals surface area contributed by atoms with E-state index in [1.54, 1.807) is 0 Å². The second kappa shape index (κ2) is 6.95. The molecule has 4 heteroatoms. The molecule has 1 aromatic rings. The van der Waals surface area contributed by atoms with Crippen molar-refractivity contribution in [3.63, 3.8) is 0 Å². The van der Waals surface area contributed by atoms with Crippen molar-refractivity contribution in [1.29, 1.82) is 0 Å². The van der Waals surface area contributed by atoms with Gasteiger partial charge in [-0.3, -0.25) is 0 Å². The van der Waals surface area contributed by atoms with Crippen LogP contribution in [-0.2, 0) is 6.54 Å². The summed E-state index contributed by atoms with van der Waals surface area (Å²) in [5.41, 5.74) is 7.88. The molecule has 1 aliphatic heterocycles. The van der Waals surface area contributed by atoms with E-state index in [2.05, 4.69) is 23.9 Å². The van der Waals surface area contributed by atoms with Crippen molar-refractivity contribution in [2.75, 3.05) is 39.5 Å². The van der Waals surface area contributed by atoms with Crippen molar-refractivity contribution in [3.05, 3.63) is 23.8 Å². The third-order valence-electron chi connectivity index (χ3n) is 4.02. The molecule has 0 radical (unpaired) electrons. The number of nitrogens with zero attached hydrogens (tertiary/aromatic N) is 2. The molecule has 1 aliphatic rings. The Morgan fingerprint density at radius 1 is 1.45 bits per heavy atom. The van der Waals surface area contributed by atoms with Gasteiger partial charge in [0, 0.05) is 30.4 Å². The van der Waals surface area contributed by atoms with Gasteiger partial charge in [-0.2, -0.15) is 0 Å². The molecule has 1 atom stereocenters. The van der Waals surface area contributed by atoms with Gasteiger partial charge >= 0.3 is 0 Å². The van der Waals surface area contributed by atoms with Crippen LogP contribution in [0.25, 0.3) is 0 Å². The number of hydrogen-bond donors (Lipinski definition) is 1. The van der Waals surface area contributed by atoms with Gasteiger partial charge in [-0.1, -0.05) is 0 Å². The summed E-state index contributed by atoms with van der Waals surface area (Å²) in [5, 5.41) is 0. The molecule has 2 rings (SSSR count). The van der Waals surface area contributed by atoms with E-state index in [1.807, 2.05) is 25.1 Å². The van der Waals surface area contributed by atoms with Gasteiger partial charge in [0.15, 0.2) is 0 Å². The van der Waals surface area contributed by atoms with E-state index in [4.69, 9.17) is 10.5 Å². The van der Waals surface area contributed by atoms with Crippen LogP contribution < -0.4 is 10.5 Å². The monoisotopic (exact) mass is 277 g/mol. The van der Waals surface area contributed by atoms with E-state index >= 15 is 0 Å². The van der Waals surface area contributed by atoms with Gasteiger partial charge in [0.1, 0.15) is 5.75 Å². The zero-order valence-electron chi connectivity index (χ0n) is 12.9. The number of nitrogens with two attached hydrogens (primary N) is 1. The highest BCUT2D eigenvalue weighted by atomic mass is 16.5. The molecule has 0 saturated carbocycles. The van der Waals surface area contributed by atoms with Crippen LogP contribution in [0.15, 0.2) is 18.2 Å². The Morgan fingerprint density at radius 2 is 2.25 bits per heavy atom. The minimum Gasteiger partial charge on any atom is -0.494 e. The number of nitrogen functional groups attached to an aromatic ring is 1. The lowest BCUT2D eigenvalue weighted by molar-refractivity contribution is 0.213. The lowest BCUT2D eigenvalue weighted by Gasteiger charge is -2.26. The summed E-state index contributed by atoms with van der Waals surface area (Å²) in [5.74, 6) is 0.952. The van der Waals surface area contributed by atoms with Crippen LogP contribution in [0.1, 0.15) is 25.3 Å². The fourth-order valence-electron chi connectivity index (χ4n) is 2.94. The molecule has 1 unspecified atom stereocenters. The van der Waals surface area contributed by atoms with Gasteiger partial charge in [-0.15, -0.1) is 0 Å². The summed E-state index contributed by atoms with van der Waals surface area (Å²) in [4.78, 5) is 4.82. The average Bonchev–Trinajstić information content (AvgIpc) is 2.78. The fraction of sp³-hybridized carbons (Fsp3) is 0.625. The van der Waals surface area contributed by atoms with Crippen LogP contribution in [0.4, 0.5) is 5.69 Å². The molecule has 0 amide bonds. The Kier molecular flexibility index (Phi) is 5.26. The zero-order valence-corrected chi connectivity index (χ0v) is 12.9. The third-order valence-corrected chi connectivity index (χ3v) is 4.02. The molecule has 1 aromatic carbocycles. The summed E-state index contributed by atoms with van der Waals surface area (Å²) in [6, 6.07) is 6.58. The molecule has 4 nitrogen and oxygen atoms in total. The first-order valence-corrected chi connectivity index (χ1v) is 7.50. The van der Waals surface area contributed by atoms with Gasteiger partial charge in [-0.25, -0.2) is 0 Å². The number of anilines is 1. The highest BCUT2D eigenvalue weighted by Crippen LogP contribution is 2.24. The van der Waals surface area contributed by atoms with Gasteiger partial charge in [-0.05, 0) is 58.6 Å². The fourth-order valence-corrected chi connectivity index (χ4v) is 2.94. The molecule has 0 bridgehead atoms. The first kappa shape index (κ1) is 15.1. The SMILES string of the molecule is CCOc1ccc(N)cc1CN(C)CC1CCCN1C. The van der Waals surface area contributed by atoms with Gasteiger partial charge in [0.05, 0.1) is 6.61 Å². The standard InChI is InChI=1S/C16H27N3O/c1-4-20-16-8-7-14(17)10-13(16)11-18(2)12-15-6-5-9-19(15)3/h7-8,10,15H,4-6,9,11-12,17H2,1-3H3. The molecule has 20 heavy (non-hydrogen) atoms. The summed E-state index contributed by atoms with van der Waals surface area (Å²) >= 11 is 0. The van der Waals surface area contributed by atoms with Crippen LogP contribution in [0.5, 0.6) is 5.75 Å². The van der Waals surface area contributed by atoms with Crippen molar-refractivity contribution in [2.45, 2.75) is 32.4 Å². The number of ether oxygens (including phenoxy) is 1. The Labute approximate surface area is 122 Å². The van der Waals surface area contributed by atoms with E-state index < -0.39 is 0 Å². The summed E-state index contributed by atoms with van der Waals surface area (Å²) in [7, 11) is 4.39. The van der Waals surface area contributed by atoms with Crippen LogP contribution in [0.3, 0.4) is 0 Å². The number of benzene rings is 1. The second-order valence-corrected chi connectivity index (χ2v) is 5.77. The molecule has 112 valence electrons. The highest BCUT2D eigenvalue weighted by Gasteiger charge is 2.22. The molecule has 0 aliphatic carbocycles. The largest absolute Gasteiger partial charge is 0.494 e. The Balaban J connectivity index is 1.99. The molecule has 0 spiro atoms. The Bertz CT molecular complexity index is 436. The minimum atomic E-state index is 0.677. The van der Waals surface area contributed by atoms with Crippen LogP contribution in [0, 0.1) is 0 Å². The van der Waals surface area contributed by atoms with E-state index in [9.17, 15) is 0 Å². The lowest BCUT2D eigenvalue weighted by atomic mass is 10.1. The highest BCUT2D eigenvalue weighted by molar-refractivity contribution is 5.47. The van der Waals surface area contributed by atoms with E-state index in [0.717, 1.165) is 24.5 Å². The van der Waals surface area contributed by atoms with E-state index in [-0.39, 0.29) is 0 Å². The lowest BCUT2D eigenvalue weighted by Crippen LogP contribution is -2.36. The predicted molar refractivity (Wildman–Crippen MR) is 84.0 cm³/mol. The maximum Gasteiger partial charge on any atom is 0.123 e. The van der Waals surface area contributed by atoms with Crippen LogP contribution in [0.2, 0.25) is 0 Å². The maximum atomic E-state index is 5.90. The van der Waals surface area contributed by atoms with Crippen molar-refractivity contribution < 1.29 is 4.74 Å². The molecular formula is C16H27N3O. The second-order valence-electron chi connectivity index (χ2n) is 5.77. The number of likely N-dealkylation sites (N-methyl/N-ethyl adjacent to an activating group) is 2. The normalized spacial score (nSPS) is 19.7. The van der Waals surface area contributed by atoms with Crippen LogP contribution >= 0.6 is 0 Å². The van der Waals surface area contributed by atoms with Crippen molar-refractivity contribution in [2.24, 2.45) is 0 Å². The molecule has 1 saturated heterocycles.